The van der Waals surface area contributed by atoms with E-state index in [1.54, 1.807) is 0 Å². The lowest BCUT2D eigenvalue weighted by molar-refractivity contribution is -0.268. The third-order valence-corrected chi connectivity index (χ3v) is 7.37. The normalized spacial score (nSPS) is 45.8. The average molecular weight is 346 g/mol. The number of nitrogens with two attached hydrogens (primary N) is 2. The molecule has 3 heterocycles. The molecule has 0 radical (unpaired) electrons. The fourth-order valence-electron chi connectivity index (χ4n) is 6.22. The topological polar surface area (TPSA) is 73.3 Å². The lowest BCUT2D eigenvalue weighted by atomic mass is 9.58. The minimum absolute atomic E-state index is 0.0312. The fourth-order valence-corrected chi connectivity index (χ4v) is 6.22. The molecular formula is C21H35N3O. The van der Waals surface area contributed by atoms with Gasteiger partial charge in [-0.1, -0.05) is 18.9 Å². The maximum absolute atomic E-state index is 6.79. The van der Waals surface area contributed by atoms with Crippen molar-refractivity contribution in [1.29, 1.82) is 0 Å². The molecule has 2 saturated heterocycles. The highest BCUT2D eigenvalue weighted by molar-refractivity contribution is 5.24. The summed E-state index contributed by atoms with van der Waals surface area (Å²) in [6.45, 7) is 4.52. The van der Waals surface area contributed by atoms with E-state index in [-0.39, 0.29) is 17.4 Å². The van der Waals surface area contributed by atoms with E-state index in [1.165, 1.54) is 44.1 Å². The summed E-state index contributed by atoms with van der Waals surface area (Å²) in [5, 5.41) is 3.23. The van der Waals surface area contributed by atoms with Gasteiger partial charge in [0, 0.05) is 18.2 Å². The molecule has 2 bridgehead atoms. The molecule has 5 rings (SSSR count). The predicted octanol–water partition coefficient (Wildman–Crippen LogP) is 3.19. The SMILES string of the molecule is CC1(C)O[C@@]2([C@H]3CCC[C@@H](CC4=CNC(N)C=C4)C3)CC[C@@H]1[C@H](N)C2. The average Bonchev–Trinajstić information content (AvgIpc) is 2.56. The lowest BCUT2D eigenvalue weighted by Crippen LogP contribution is -2.66. The van der Waals surface area contributed by atoms with Gasteiger partial charge in [0.2, 0.25) is 0 Å². The summed E-state index contributed by atoms with van der Waals surface area (Å²) >= 11 is 0. The van der Waals surface area contributed by atoms with E-state index in [1.807, 2.05) is 0 Å². The van der Waals surface area contributed by atoms with Crippen molar-refractivity contribution in [2.24, 2.45) is 29.2 Å². The van der Waals surface area contributed by atoms with E-state index in [0.29, 0.717) is 17.9 Å². The van der Waals surface area contributed by atoms with Gasteiger partial charge in [0.15, 0.2) is 0 Å². The van der Waals surface area contributed by atoms with Crippen LogP contribution >= 0.6 is 0 Å². The molecule has 1 unspecified atom stereocenters. The summed E-state index contributed by atoms with van der Waals surface area (Å²) in [5.74, 6) is 1.95. The van der Waals surface area contributed by atoms with E-state index in [9.17, 15) is 0 Å². The number of ether oxygens (including phenoxy) is 1. The number of hydrogen-bond acceptors (Lipinski definition) is 4. The Morgan fingerprint density at radius 3 is 2.76 bits per heavy atom. The van der Waals surface area contributed by atoms with Gasteiger partial charge in [-0.05, 0) is 75.9 Å². The Bertz CT molecular complexity index is 569. The molecular weight excluding hydrogens is 310 g/mol. The van der Waals surface area contributed by atoms with Crippen LogP contribution in [0.15, 0.2) is 23.9 Å². The highest BCUT2D eigenvalue weighted by Crippen LogP contribution is 2.55. The zero-order valence-electron chi connectivity index (χ0n) is 15.8. The van der Waals surface area contributed by atoms with Crippen LogP contribution in [-0.4, -0.2) is 23.4 Å². The van der Waals surface area contributed by atoms with Crippen molar-refractivity contribution in [3.8, 4) is 0 Å². The van der Waals surface area contributed by atoms with Crippen LogP contribution in [0.4, 0.5) is 0 Å². The standard InChI is InChI=1S/C21H35N3O/c1-20(2)17-8-9-21(25-20,12-18(17)22)16-5-3-4-14(11-16)10-15-6-7-19(23)24-13-15/h6-7,13-14,16-19,24H,3-5,8-12,22-23H2,1-2H3/t14-,16-,17+,18+,19?,21-/m0/s1. The third-order valence-electron chi connectivity index (χ3n) is 7.37. The van der Waals surface area contributed by atoms with Gasteiger partial charge in [0.05, 0.1) is 17.4 Å². The fraction of sp³-hybridized carbons (Fsp3) is 0.810. The van der Waals surface area contributed by atoms with E-state index in [4.69, 9.17) is 16.2 Å². The molecule has 4 heteroatoms. The highest BCUT2D eigenvalue weighted by Gasteiger charge is 2.57. The van der Waals surface area contributed by atoms with Crippen LogP contribution in [0.3, 0.4) is 0 Å². The van der Waals surface area contributed by atoms with Gasteiger partial charge in [-0.3, -0.25) is 0 Å². The second-order valence-corrected chi connectivity index (χ2v) is 9.49. The van der Waals surface area contributed by atoms with Crippen LogP contribution in [0.25, 0.3) is 0 Å². The van der Waals surface area contributed by atoms with Crippen molar-refractivity contribution in [3.05, 3.63) is 23.9 Å². The Balaban J connectivity index is 1.45. The molecule has 0 amide bonds. The molecule has 4 nitrogen and oxygen atoms in total. The van der Waals surface area contributed by atoms with Gasteiger partial charge >= 0.3 is 0 Å². The smallest absolute Gasteiger partial charge is 0.0934 e. The first-order chi connectivity index (χ1) is 11.9. The molecule has 5 aliphatic rings. The summed E-state index contributed by atoms with van der Waals surface area (Å²) in [4.78, 5) is 0. The number of dihydropyridines is 1. The summed E-state index contributed by atoms with van der Waals surface area (Å²) in [5.41, 5.74) is 13.8. The Morgan fingerprint density at radius 1 is 1.24 bits per heavy atom. The Hall–Kier alpha value is -0.840. The molecule has 2 saturated carbocycles. The number of hydrogen-bond donors (Lipinski definition) is 3. The number of nitrogens with one attached hydrogen (secondary N) is 1. The van der Waals surface area contributed by atoms with Crippen molar-refractivity contribution < 1.29 is 4.74 Å². The number of fused-ring (bicyclic) bond motifs is 3. The van der Waals surface area contributed by atoms with Crippen LogP contribution in [0.1, 0.15) is 65.2 Å². The van der Waals surface area contributed by atoms with E-state index in [0.717, 1.165) is 18.8 Å². The van der Waals surface area contributed by atoms with Crippen molar-refractivity contribution >= 4 is 0 Å². The van der Waals surface area contributed by atoms with Gasteiger partial charge in [0.1, 0.15) is 0 Å². The number of rotatable bonds is 3. The molecule has 0 spiro atoms. The second kappa shape index (κ2) is 6.40. The molecule has 0 aromatic rings. The summed E-state index contributed by atoms with van der Waals surface area (Å²) in [6.07, 6.45) is 16.3. The van der Waals surface area contributed by atoms with Gasteiger partial charge in [-0.25, -0.2) is 0 Å². The molecule has 6 atom stereocenters. The molecule has 2 aliphatic carbocycles. The predicted molar refractivity (Wildman–Crippen MR) is 102 cm³/mol. The Kier molecular flexibility index (Phi) is 4.50. The van der Waals surface area contributed by atoms with Crippen molar-refractivity contribution in [2.75, 3.05) is 0 Å². The van der Waals surface area contributed by atoms with Gasteiger partial charge in [-0.2, -0.15) is 0 Å². The van der Waals surface area contributed by atoms with E-state index in [2.05, 4.69) is 37.5 Å². The van der Waals surface area contributed by atoms with Crippen LogP contribution in [0.2, 0.25) is 0 Å². The number of allylic oxidation sites excluding steroid dienone is 2. The summed E-state index contributed by atoms with van der Waals surface area (Å²) < 4.78 is 6.79. The third kappa shape index (κ3) is 3.29. The monoisotopic (exact) mass is 345 g/mol. The molecule has 25 heavy (non-hydrogen) atoms. The maximum Gasteiger partial charge on any atom is 0.0934 e. The minimum atomic E-state index is -0.0580. The summed E-state index contributed by atoms with van der Waals surface area (Å²) in [6, 6.07) is 0.313. The Morgan fingerprint density at radius 2 is 2.08 bits per heavy atom. The van der Waals surface area contributed by atoms with Gasteiger partial charge < -0.3 is 21.5 Å². The van der Waals surface area contributed by atoms with Crippen molar-refractivity contribution in [3.63, 3.8) is 0 Å². The van der Waals surface area contributed by atoms with E-state index < -0.39 is 0 Å². The molecule has 140 valence electrons. The zero-order valence-corrected chi connectivity index (χ0v) is 15.8. The molecule has 4 fully saturated rings. The van der Waals surface area contributed by atoms with Crippen LogP contribution in [-0.2, 0) is 4.74 Å². The van der Waals surface area contributed by atoms with Crippen LogP contribution < -0.4 is 16.8 Å². The molecule has 0 aromatic carbocycles. The molecule has 3 aliphatic heterocycles. The van der Waals surface area contributed by atoms with Crippen LogP contribution in [0.5, 0.6) is 0 Å². The first kappa shape index (κ1) is 17.6. The summed E-state index contributed by atoms with van der Waals surface area (Å²) in [7, 11) is 0. The first-order valence-electron chi connectivity index (χ1n) is 10.2. The van der Waals surface area contributed by atoms with Gasteiger partial charge in [0.25, 0.3) is 0 Å². The quantitative estimate of drug-likeness (QED) is 0.734. The van der Waals surface area contributed by atoms with Gasteiger partial charge in [-0.15, -0.1) is 0 Å². The van der Waals surface area contributed by atoms with E-state index >= 15 is 0 Å². The minimum Gasteiger partial charge on any atom is -0.372 e. The van der Waals surface area contributed by atoms with Crippen molar-refractivity contribution in [1.82, 2.24) is 5.32 Å². The molecule has 5 N–H and O–H groups in total. The maximum atomic E-state index is 6.79. The van der Waals surface area contributed by atoms with Crippen LogP contribution in [0, 0.1) is 17.8 Å². The first-order valence-corrected chi connectivity index (χ1v) is 10.2. The molecule has 0 aromatic heterocycles. The zero-order chi connectivity index (χ0) is 17.7. The highest BCUT2D eigenvalue weighted by atomic mass is 16.5. The Labute approximate surface area is 152 Å². The largest absolute Gasteiger partial charge is 0.372 e. The second-order valence-electron chi connectivity index (χ2n) is 9.49. The lowest BCUT2D eigenvalue weighted by Gasteiger charge is -2.61. The van der Waals surface area contributed by atoms with Crippen molar-refractivity contribution in [2.45, 2.75) is 88.6 Å².